The number of aliphatic hydroxyl groups is 3. The summed E-state index contributed by atoms with van der Waals surface area (Å²) in [7, 11) is 0. The zero-order valence-electron chi connectivity index (χ0n) is 14.3. The van der Waals surface area contributed by atoms with Gasteiger partial charge in [-0.25, -0.2) is 0 Å². The van der Waals surface area contributed by atoms with Crippen molar-refractivity contribution >= 4 is 0 Å². The maximum atomic E-state index is 9.60. The number of unbranched alkanes of at least 4 members (excludes halogenated alkanes) is 5. The van der Waals surface area contributed by atoms with Crippen molar-refractivity contribution in [2.24, 2.45) is 5.92 Å². The molecular weight excluding hydrogens is 264 g/mol. The van der Waals surface area contributed by atoms with Crippen LogP contribution in [-0.4, -0.2) is 34.1 Å². The number of hydrogen-bond donors (Lipinski definition) is 3. The van der Waals surface area contributed by atoms with Crippen LogP contribution < -0.4 is 0 Å². The Hall–Kier alpha value is -0.120. The molecule has 0 saturated heterocycles. The number of rotatable bonds is 15. The Morgan fingerprint density at radius 1 is 0.619 bits per heavy atom. The van der Waals surface area contributed by atoms with Crippen molar-refractivity contribution in [3.05, 3.63) is 0 Å². The maximum Gasteiger partial charge on any atom is 0.103 e. The van der Waals surface area contributed by atoms with Gasteiger partial charge in [0.1, 0.15) is 6.10 Å². The summed E-state index contributed by atoms with van der Waals surface area (Å²) in [5.41, 5.74) is 0. The molecule has 0 fully saturated rings. The van der Waals surface area contributed by atoms with Crippen LogP contribution in [0.2, 0.25) is 0 Å². The minimum absolute atomic E-state index is 0.350. The standard InChI is InChI=1S/C18H38O3/c1-3-5-6-7-8-12-16(11-4-2)13-9-10-14-17(20)18(21)15-19/h16-21H,3-15H2,1-2H3. The highest BCUT2D eigenvalue weighted by Crippen LogP contribution is 2.23. The van der Waals surface area contributed by atoms with Gasteiger partial charge in [-0.3, -0.25) is 0 Å². The smallest absolute Gasteiger partial charge is 0.103 e. The van der Waals surface area contributed by atoms with Gasteiger partial charge >= 0.3 is 0 Å². The molecular formula is C18H38O3. The van der Waals surface area contributed by atoms with Gasteiger partial charge < -0.3 is 15.3 Å². The first-order chi connectivity index (χ1) is 10.2. The molecule has 0 aromatic carbocycles. The molecule has 0 rings (SSSR count). The Morgan fingerprint density at radius 2 is 1.19 bits per heavy atom. The SMILES string of the molecule is CCCCCCCC(CCC)CCCCC(O)C(O)CO. The van der Waals surface area contributed by atoms with Crippen molar-refractivity contribution in [2.45, 2.75) is 103 Å². The van der Waals surface area contributed by atoms with Gasteiger partial charge in [-0.1, -0.05) is 84.5 Å². The van der Waals surface area contributed by atoms with Gasteiger partial charge in [0.05, 0.1) is 12.7 Å². The number of aliphatic hydroxyl groups excluding tert-OH is 3. The van der Waals surface area contributed by atoms with Crippen molar-refractivity contribution in [3.63, 3.8) is 0 Å². The minimum Gasteiger partial charge on any atom is -0.394 e. The zero-order valence-corrected chi connectivity index (χ0v) is 14.3. The van der Waals surface area contributed by atoms with Crippen molar-refractivity contribution in [2.75, 3.05) is 6.61 Å². The van der Waals surface area contributed by atoms with Crippen molar-refractivity contribution < 1.29 is 15.3 Å². The van der Waals surface area contributed by atoms with Crippen molar-refractivity contribution in [1.82, 2.24) is 0 Å². The van der Waals surface area contributed by atoms with Crippen LogP contribution in [0.4, 0.5) is 0 Å². The highest BCUT2D eigenvalue weighted by atomic mass is 16.4. The second kappa shape index (κ2) is 14.8. The molecule has 0 bridgehead atoms. The van der Waals surface area contributed by atoms with E-state index in [4.69, 9.17) is 5.11 Å². The molecule has 3 atom stereocenters. The van der Waals surface area contributed by atoms with Gasteiger partial charge in [0.15, 0.2) is 0 Å². The maximum absolute atomic E-state index is 9.60. The summed E-state index contributed by atoms with van der Waals surface area (Å²) in [5, 5.41) is 27.7. The van der Waals surface area contributed by atoms with Crippen LogP contribution in [0.1, 0.15) is 90.9 Å². The van der Waals surface area contributed by atoms with E-state index in [0.29, 0.717) is 6.42 Å². The third kappa shape index (κ3) is 12.1. The predicted molar refractivity (Wildman–Crippen MR) is 89.3 cm³/mol. The molecule has 0 saturated carbocycles. The van der Waals surface area contributed by atoms with Crippen molar-refractivity contribution in [3.8, 4) is 0 Å². The molecule has 0 aromatic rings. The normalized spacial score (nSPS) is 15.9. The van der Waals surface area contributed by atoms with Crippen LogP contribution in [0.25, 0.3) is 0 Å². The lowest BCUT2D eigenvalue weighted by Gasteiger charge is -2.18. The quantitative estimate of drug-likeness (QED) is 0.400. The Morgan fingerprint density at radius 3 is 1.76 bits per heavy atom. The predicted octanol–water partition coefficient (Wildman–Crippen LogP) is 4.04. The highest BCUT2D eigenvalue weighted by Gasteiger charge is 2.15. The Labute approximate surface area is 131 Å². The van der Waals surface area contributed by atoms with Crippen LogP contribution in [0, 0.1) is 5.92 Å². The zero-order chi connectivity index (χ0) is 15.9. The van der Waals surface area contributed by atoms with Crippen LogP contribution in [-0.2, 0) is 0 Å². The molecule has 3 unspecified atom stereocenters. The second-order valence-electron chi connectivity index (χ2n) is 6.46. The van der Waals surface area contributed by atoms with Gasteiger partial charge in [-0.2, -0.15) is 0 Å². The molecule has 0 heterocycles. The fourth-order valence-corrected chi connectivity index (χ4v) is 2.98. The molecule has 0 aromatic heterocycles. The van der Waals surface area contributed by atoms with E-state index in [1.807, 2.05) is 0 Å². The van der Waals surface area contributed by atoms with E-state index in [2.05, 4.69) is 13.8 Å². The molecule has 3 N–H and O–H groups in total. The molecule has 0 aliphatic heterocycles. The first kappa shape index (κ1) is 20.9. The first-order valence-corrected chi connectivity index (χ1v) is 9.12. The summed E-state index contributed by atoms with van der Waals surface area (Å²) in [6, 6.07) is 0. The van der Waals surface area contributed by atoms with E-state index in [9.17, 15) is 10.2 Å². The minimum atomic E-state index is -0.977. The fraction of sp³-hybridized carbons (Fsp3) is 1.00. The van der Waals surface area contributed by atoms with E-state index < -0.39 is 12.2 Å². The molecule has 3 heteroatoms. The van der Waals surface area contributed by atoms with Gasteiger partial charge in [-0.15, -0.1) is 0 Å². The Bertz CT molecular complexity index is 209. The van der Waals surface area contributed by atoms with Gasteiger partial charge in [-0.05, 0) is 12.3 Å². The van der Waals surface area contributed by atoms with Crippen molar-refractivity contribution in [1.29, 1.82) is 0 Å². The average molecular weight is 302 g/mol. The van der Waals surface area contributed by atoms with Gasteiger partial charge in [0.25, 0.3) is 0 Å². The topological polar surface area (TPSA) is 60.7 Å². The summed E-state index contributed by atoms with van der Waals surface area (Å²) >= 11 is 0. The molecule has 0 spiro atoms. The van der Waals surface area contributed by atoms with Crippen LogP contribution in [0.5, 0.6) is 0 Å². The Kier molecular flexibility index (Phi) is 14.7. The third-order valence-corrected chi connectivity index (χ3v) is 4.41. The van der Waals surface area contributed by atoms with E-state index in [1.165, 1.54) is 57.8 Å². The third-order valence-electron chi connectivity index (χ3n) is 4.41. The van der Waals surface area contributed by atoms with Gasteiger partial charge in [0.2, 0.25) is 0 Å². The summed E-state index contributed by atoms with van der Waals surface area (Å²) in [5.74, 6) is 0.830. The number of hydrogen-bond acceptors (Lipinski definition) is 3. The lowest BCUT2D eigenvalue weighted by molar-refractivity contribution is -0.0186. The van der Waals surface area contributed by atoms with E-state index in [1.54, 1.807) is 0 Å². The molecule has 128 valence electrons. The largest absolute Gasteiger partial charge is 0.394 e. The molecule has 3 nitrogen and oxygen atoms in total. The van der Waals surface area contributed by atoms with E-state index in [-0.39, 0.29) is 6.61 Å². The summed E-state index contributed by atoms with van der Waals surface area (Å²) in [6.07, 6.45) is 12.8. The molecule has 0 radical (unpaired) electrons. The summed E-state index contributed by atoms with van der Waals surface area (Å²) < 4.78 is 0. The lowest BCUT2D eigenvalue weighted by atomic mass is 9.90. The monoisotopic (exact) mass is 302 g/mol. The first-order valence-electron chi connectivity index (χ1n) is 9.12. The second-order valence-corrected chi connectivity index (χ2v) is 6.46. The lowest BCUT2D eigenvalue weighted by Crippen LogP contribution is -2.29. The molecule has 21 heavy (non-hydrogen) atoms. The van der Waals surface area contributed by atoms with Crippen LogP contribution in [0.15, 0.2) is 0 Å². The molecule has 0 aliphatic carbocycles. The van der Waals surface area contributed by atoms with Crippen LogP contribution in [0.3, 0.4) is 0 Å². The summed E-state index contributed by atoms with van der Waals surface area (Å²) in [6.45, 7) is 4.16. The fourth-order valence-electron chi connectivity index (χ4n) is 2.98. The molecule has 0 aliphatic rings. The van der Waals surface area contributed by atoms with E-state index in [0.717, 1.165) is 18.8 Å². The summed E-state index contributed by atoms with van der Waals surface area (Å²) in [4.78, 5) is 0. The highest BCUT2D eigenvalue weighted by molar-refractivity contribution is 4.67. The average Bonchev–Trinajstić information content (AvgIpc) is 2.49. The van der Waals surface area contributed by atoms with E-state index >= 15 is 0 Å². The molecule has 0 amide bonds. The Balaban J connectivity index is 3.68. The van der Waals surface area contributed by atoms with Gasteiger partial charge in [0, 0.05) is 0 Å². The van der Waals surface area contributed by atoms with Crippen LogP contribution >= 0.6 is 0 Å².